The zero-order valence-corrected chi connectivity index (χ0v) is 61.1. The van der Waals surface area contributed by atoms with Crippen LogP contribution in [0, 0.1) is 0 Å². The van der Waals surface area contributed by atoms with E-state index < -0.39 is 182 Å². The van der Waals surface area contributed by atoms with E-state index in [1.54, 1.807) is 84.9 Å². The highest BCUT2D eigenvalue weighted by Gasteiger charge is 2.46. The minimum atomic E-state index is -1.04. The molecule has 24 rings (SSSR count). The predicted molar refractivity (Wildman–Crippen MR) is 475 cm³/mol. The third-order valence-electron chi connectivity index (χ3n) is 22.9. The van der Waals surface area contributed by atoms with E-state index >= 15 is 0 Å². The van der Waals surface area contributed by atoms with Gasteiger partial charge in [0.15, 0.2) is 22.3 Å². The second-order valence-corrected chi connectivity index (χ2v) is 31.0. The molecule has 0 unspecified atom stereocenters. The summed E-state index contributed by atoms with van der Waals surface area (Å²) in [5, 5.41) is 2.08. The average molecular weight is 1480 g/mol. The molecule has 0 fully saturated rings. The number of nitrogens with zero attached hydrogens (tertiary/aromatic N) is 6. The zero-order valence-electron chi connectivity index (χ0n) is 90.1. The summed E-state index contributed by atoms with van der Waals surface area (Å²) in [7, 11) is 0. The van der Waals surface area contributed by atoms with Crippen molar-refractivity contribution >= 4 is 188 Å². The maximum Gasteiger partial charge on any atom is 0.252 e. The predicted octanol–water partition coefficient (Wildman–Crippen LogP) is 26.2. The molecule has 6 aromatic heterocycles. The third kappa shape index (κ3) is 9.04. The van der Waals surface area contributed by atoms with Gasteiger partial charge in [0.2, 0.25) is 0 Å². The molecule has 113 heavy (non-hydrogen) atoms. The number of fused-ring (bicyclic) bond motifs is 22. The Morgan fingerprint density at radius 3 is 1.02 bits per heavy atom. The molecule has 0 spiro atoms. The number of para-hydroxylation sites is 10. The van der Waals surface area contributed by atoms with Crippen LogP contribution in [0.25, 0.3) is 165 Å². The molecule has 16 aromatic carbocycles. The van der Waals surface area contributed by atoms with Crippen LogP contribution in [0.2, 0.25) is 0 Å². The first-order chi connectivity index (χ1) is 67.4. The van der Waals surface area contributed by atoms with Crippen LogP contribution in [0.4, 0.5) is 34.1 Å². The van der Waals surface area contributed by atoms with Gasteiger partial charge in [-0.1, -0.05) is 259 Å². The van der Waals surface area contributed by atoms with Gasteiger partial charge in [0.25, 0.3) is 6.71 Å². The van der Waals surface area contributed by atoms with E-state index in [0.29, 0.717) is 49.3 Å². The molecule has 22 aromatic rings. The Morgan fingerprint density at radius 1 is 0.257 bits per heavy atom. The Hall–Kier alpha value is -14.0. The summed E-state index contributed by atoms with van der Waals surface area (Å²) >= 11 is 0. The van der Waals surface area contributed by atoms with Gasteiger partial charge in [-0.05, 0) is 165 Å². The van der Waals surface area contributed by atoms with E-state index in [2.05, 4.69) is 82.5 Å². The molecular weight excluding hydrogens is 1380 g/mol. The number of benzene rings is 16. The fourth-order valence-electron chi connectivity index (χ4n) is 17.8. The van der Waals surface area contributed by atoms with Crippen LogP contribution >= 0.6 is 0 Å². The minimum absolute atomic E-state index is 0.0202. The third-order valence-corrected chi connectivity index (χ3v) is 22.9. The summed E-state index contributed by atoms with van der Waals surface area (Å²) in [5.41, 5.74) is 5.69. The number of aromatic nitrogens is 4. The SMILES string of the molecule is [2H]c1c([2H])c([2H])c(-c2ccc3c(c2)N(c2cccc4c2oc2c(-n5c6c([2H])c([2H])c([2H])c([2H])c6c6c([2H])c([2H])c([2H])c([2H])c65)cccc24)c2cc(-n4c5c([2H])c([2H])c([2H])c([2H])c5c5c([2H])c([2H])c([2H])c([2H])c54)cc4c2B3c2ccc(-n3c5ccc(C(C)(C)C)cc5c5cc(C(C)(C)C)ccc53)cc2N4c2cccc3c2oc2c(-n4c5c([2H])c([2H])c([2H])c([2H])c5c5c([2H])c([2H])c([2H])c([2H])c54)cccc23)c([2H])c1[2H]. The van der Waals surface area contributed by atoms with Crippen LogP contribution in [0.1, 0.15) is 92.4 Å². The molecule has 0 saturated carbocycles. The highest BCUT2D eigenvalue weighted by atomic mass is 16.3. The van der Waals surface area contributed by atoms with E-state index in [-0.39, 0.29) is 155 Å². The van der Waals surface area contributed by atoms with Crippen molar-refractivity contribution in [3.8, 4) is 33.9 Å². The molecule has 534 valence electrons. The summed E-state index contributed by atoms with van der Waals surface area (Å²) in [5.74, 6) is 0. The number of hydrogen-bond donors (Lipinski definition) is 0. The molecular formula is C104H73BN6O2. The normalized spacial score (nSPS) is 16.8. The molecule has 0 bridgehead atoms. The molecule has 0 amide bonds. The highest BCUT2D eigenvalue weighted by molar-refractivity contribution is 7.00. The lowest BCUT2D eigenvalue weighted by atomic mass is 9.33. The van der Waals surface area contributed by atoms with Crippen molar-refractivity contribution in [3.05, 3.63) is 344 Å². The summed E-state index contributed by atoms with van der Waals surface area (Å²) in [6.45, 7) is 11.9. The van der Waals surface area contributed by atoms with Crippen LogP contribution in [0.3, 0.4) is 0 Å². The number of rotatable bonds is 7. The smallest absolute Gasteiger partial charge is 0.252 e. The largest absolute Gasteiger partial charge is 0.452 e. The van der Waals surface area contributed by atoms with Crippen LogP contribution in [0.5, 0.6) is 0 Å². The van der Waals surface area contributed by atoms with Gasteiger partial charge >= 0.3 is 0 Å². The molecule has 8 heterocycles. The van der Waals surface area contributed by atoms with E-state index in [9.17, 15) is 30.2 Å². The molecule has 9 heteroatoms. The van der Waals surface area contributed by atoms with E-state index in [1.165, 1.54) is 13.7 Å². The van der Waals surface area contributed by atoms with Crippen molar-refractivity contribution in [2.75, 3.05) is 9.80 Å². The van der Waals surface area contributed by atoms with Crippen LogP contribution in [0.15, 0.2) is 342 Å². The fourth-order valence-corrected chi connectivity index (χ4v) is 17.8. The van der Waals surface area contributed by atoms with Gasteiger partial charge in [-0.3, -0.25) is 0 Å². The van der Waals surface area contributed by atoms with E-state index in [4.69, 9.17) is 18.4 Å². The molecule has 0 aliphatic carbocycles. The standard InChI is InChI=1S/C104H73BN6O2/c1-103(2,3)64-49-54-88-78(57-64)79-58-65(104(4,5)6)50-55-89(79)106(88)66-51-53-81-95(59-66)111(93-47-25-37-77-75-35-23-45-91(100(75)113-102(77)93)109-86-42-20-14-32-72(86)73-33-15-21-43-87(73)109)97-61-67(107-82-38-16-10-28-68(82)69-29-11-17-39-83(69)107)60-96-98(97)105(81)80-52-48-63(62-26-8-7-9-27-62)56-94(80)110(96)92-46-24-36-76-74-34-22-44-90(99(74)112-101(76)92)108-84-40-18-12-30-70(84)71-31-13-19-41-85(71)108/h7-61H,1-6H3/i7D,8D,9D,10D,11D,12D,13D,14D,15D,16D,17D,18D,19D,20D,21D,26D,27D,28D,29D,30D,31D,32D,33D,38D,39D,40D,41D,42D,43D. The number of hydrogen-bond acceptors (Lipinski definition) is 4. The van der Waals surface area contributed by atoms with Crippen molar-refractivity contribution in [1.29, 1.82) is 0 Å². The van der Waals surface area contributed by atoms with Crippen LogP contribution < -0.4 is 26.2 Å². The molecule has 2 aliphatic rings. The first-order valence-electron chi connectivity index (χ1n) is 51.5. The van der Waals surface area contributed by atoms with E-state index in [0.717, 1.165) is 32.9 Å². The van der Waals surface area contributed by atoms with Gasteiger partial charge in [0, 0.05) is 93.1 Å². The van der Waals surface area contributed by atoms with Gasteiger partial charge in [0.05, 0.1) is 112 Å². The maximum atomic E-state index is 10.2. The summed E-state index contributed by atoms with van der Waals surface area (Å²) in [6, 6.07) is 29.7. The van der Waals surface area contributed by atoms with Crippen LogP contribution in [-0.2, 0) is 10.8 Å². The average Bonchev–Trinajstić information content (AvgIpc) is 1.52. The molecule has 0 radical (unpaired) electrons. The minimum Gasteiger partial charge on any atom is -0.452 e. The lowest BCUT2D eigenvalue weighted by Gasteiger charge is -2.44. The second kappa shape index (κ2) is 23.3. The van der Waals surface area contributed by atoms with Crippen molar-refractivity contribution < 1.29 is 48.6 Å². The molecule has 0 atom stereocenters. The second-order valence-electron chi connectivity index (χ2n) is 31.0. The van der Waals surface area contributed by atoms with Gasteiger partial charge < -0.3 is 36.9 Å². The van der Waals surface area contributed by atoms with Crippen molar-refractivity contribution in [1.82, 2.24) is 18.3 Å². The maximum absolute atomic E-state index is 10.2. The topological polar surface area (TPSA) is 52.5 Å². The monoisotopic (exact) mass is 1480 g/mol. The van der Waals surface area contributed by atoms with Crippen molar-refractivity contribution in [2.45, 2.75) is 52.4 Å². The summed E-state index contributed by atoms with van der Waals surface area (Å²) < 4.78 is 295. The van der Waals surface area contributed by atoms with E-state index in [1.807, 2.05) is 46.2 Å². The van der Waals surface area contributed by atoms with Gasteiger partial charge in [-0.15, -0.1) is 0 Å². The Bertz CT molecular complexity index is 9430. The van der Waals surface area contributed by atoms with Crippen LogP contribution in [-0.4, -0.2) is 25.0 Å². The molecule has 2 aliphatic heterocycles. The summed E-state index contributed by atoms with van der Waals surface area (Å²) in [4.78, 5) is 3.78. The lowest BCUT2D eigenvalue weighted by molar-refractivity contribution is 0.590. The van der Waals surface area contributed by atoms with Crippen molar-refractivity contribution in [3.63, 3.8) is 0 Å². The molecule has 0 saturated heterocycles. The Morgan fingerprint density at radius 2 is 0.602 bits per heavy atom. The van der Waals surface area contributed by atoms with Gasteiger partial charge in [-0.2, -0.15) is 0 Å². The van der Waals surface area contributed by atoms with Crippen molar-refractivity contribution in [2.24, 2.45) is 0 Å². The Labute approximate surface area is 692 Å². The first kappa shape index (κ1) is 41.7. The first-order valence-corrected chi connectivity index (χ1v) is 37.0. The quantitative estimate of drug-likeness (QED) is 0.149. The summed E-state index contributed by atoms with van der Waals surface area (Å²) in [6.07, 6.45) is 0. The number of anilines is 6. The highest BCUT2D eigenvalue weighted by Crippen LogP contribution is 2.53. The molecule has 0 N–H and O–H groups in total. The van der Waals surface area contributed by atoms with Gasteiger partial charge in [-0.25, -0.2) is 0 Å². The Balaban J connectivity index is 0.887. The number of furan rings is 2. The van der Waals surface area contributed by atoms with Gasteiger partial charge in [0.1, 0.15) is 0 Å². The zero-order chi connectivity index (χ0) is 100. The fraction of sp³-hybridized carbons (Fsp3) is 0.0769. The Kier molecular flexibility index (Phi) is 8.59. The lowest BCUT2D eigenvalue weighted by Crippen LogP contribution is -2.61. The molecule has 8 nitrogen and oxygen atoms in total.